The Hall–Kier alpha value is -2.35. The maximum atomic E-state index is 10.6. The Morgan fingerprint density at radius 2 is 1.52 bits per heavy atom. The molecule has 2 aromatic rings. The SMILES string of the molecule is CC(=O)Nc1ccc(O)cc1.CC(=O)Oc1ccccc1C(=O)O.[Na]. The molecule has 3 N–H and O–H groups in total. The summed E-state index contributed by atoms with van der Waals surface area (Å²) in [6.45, 7) is 2.66. The van der Waals surface area contributed by atoms with E-state index in [4.69, 9.17) is 10.2 Å². The Bertz CT molecular complexity index is 730. The van der Waals surface area contributed by atoms with Crippen LogP contribution in [0.1, 0.15) is 24.2 Å². The number of hydrogen-bond donors (Lipinski definition) is 3. The summed E-state index contributed by atoms with van der Waals surface area (Å²) >= 11 is 0. The summed E-state index contributed by atoms with van der Waals surface area (Å²) in [7, 11) is 0. The first-order chi connectivity index (χ1) is 11.3. The topological polar surface area (TPSA) is 113 Å². The van der Waals surface area contributed by atoms with Crippen molar-refractivity contribution < 1.29 is 29.3 Å². The molecule has 0 saturated carbocycles. The number of para-hydroxylation sites is 1. The fourth-order valence-electron chi connectivity index (χ4n) is 1.64. The van der Waals surface area contributed by atoms with Gasteiger partial charge in [0.2, 0.25) is 5.91 Å². The van der Waals surface area contributed by atoms with Crippen LogP contribution in [0.5, 0.6) is 11.5 Å². The first kappa shape index (κ1) is 22.7. The van der Waals surface area contributed by atoms with E-state index >= 15 is 0 Å². The van der Waals surface area contributed by atoms with Gasteiger partial charge in [0.05, 0.1) is 0 Å². The Kier molecular flexibility index (Phi) is 10.2. The van der Waals surface area contributed by atoms with Gasteiger partial charge in [0, 0.05) is 49.1 Å². The second kappa shape index (κ2) is 11.2. The van der Waals surface area contributed by atoms with Crippen LogP contribution in [0.15, 0.2) is 48.5 Å². The Balaban J connectivity index is 0.000000449. The molecule has 1 amide bonds. The summed E-state index contributed by atoms with van der Waals surface area (Å²) < 4.78 is 4.69. The Morgan fingerprint density at radius 1 is 0.960 bits per heavy atom. The number of nitrogens with one attached hydrogen (secondary N) is 1. The van der Waals surface area contributed by atoms with Crippen LogP contribution in [0.25, 0.3) is 0 Å². The predicted octanol–water partition coefficient (Wildman–Crippen LogP) is 2.28. The number of carboxylic acids is 1. The molecule has 2 aromatic carbocycles. The normalized spacial score (nSPS) is 8.88. The van der Waals surface area contributed by atoms with Crippen LogP contribution in [0.4, 0.5) is 5.69 Å². The van der Waals surface area contributed by atoms with E-state index in [1.165, 1.54) is 38.1 Å². The number of esters is 1. The van der Waals surface area contributed by atoms with Gasteiger partial charge in [-0.15, -0.1) is 0 Å². The average Bonchev–Trinajstić information content (AvgIpc) is 2.49. The molecule has 0 bridgehead atoms. The first-order valence-corrected chi connectivity index (χ1v) is 6.87. The van der Waals surface area contributed by atoms with E-state index in [0.29, 0.717) is 5.69 Å². The van der Waals surface area contributed by atoms with Crippen molar-refractivity contribution >= 4 is 53.1 Å². The van der Waals surface area contributed by atoms with E-state index in [0.717, 1.165) is 0 Å². The third kappa shape index (κ3) is 8.90. The van der Waals surface area contributed by atoms with Crippen molar-refractivity contribution in [2.24, 2.45) is 0 Å². The summed E-state index contributed by atoms with van der Waals surface area (Å²) in [6.07, 6.45) is 0. The molecule has 25 heavy (non-hydrogen) atoms. The smallest absolute Gasteiger partial charge is 0.339 e. The predicted molar refractivity (Wildman–Crippen MR) is 92.9 cm³/mol. The number of carbonyl (C=O) groups is 3. The van der Waals surface area contributed by atoms with Crippen LogP contribution in [0.2, 0.25) is 0 Å². The van der Waals surface area contributed by atoms with E-state index in [1.54, 1.807) is 24.3 Å². The van der Waals surface area contributed by atoms with Crippen molar-refractivity contribution in [2.45, 2.75) is 13.8 Å². The number of carboxylic acid groups (broad SMARTS) is 1. The van der Waals surface area contributed by atoms with Gasteiger partial charge in [-0.1, -0.05) is 12.1 Å². The molecule has 0 aliphatic carbocycles. The molecule has 0 aromatic heterocycles. The van der Waals surface area contributed by atoms with Crippen LogP contribution in [0.3, 0.4) is 0 Å². The molecule has 0 aliphatic heterocycles. The van der Waals surface area contributed by atoms with Gasteiger partial charge in [-0.05, 0) is 36.4 Å². The summed E-state index contributed by atoms with van der Waals surface area (Å²) in [6, 6.07) is 12.3. The number of aromatic hydroxyl groups is 1. The quantitative estimate of drug-likeness (QED) is 0.337. The summed E-state index contributed by atoms with van der Waals surface area (Å²) in [5, 5.41) is 20.1. The Morgan fingerprint density at radius 3 is 2.00 bits per heavy atom. The van der Waals surface area contributed by atoms with Crippen LogP contribution in [-0.4, -0.2) is 57.6 Å². The fourth-order valence-corrected chi connectivity index (χ4v) is 1.64. The fraction of sp³-hybridized carbons (Fsp3) is 0.118. The van der Waals surface area contributed by atoms with E-state index in [2.05, 4.69) is 10.1 Å². The molecule has 0 aliphatic rings. The molecular weight excluding hydrogens is 337 g/mol. The van der Waals surface area contributed by atoms with Crippen LogP contribution >= 0.6 is 0 Å². The second-order valence-corrected chi connectivity index (χ2v) is 4.62. The van der Waals surface area contributed by atoms with Crippen molar-refractivity contribution in [1.29, 1.82) is 0 Å². The zero-order valence-corrected chi connectivity index (χ0v) is 16.1. The molecule has 0 saturated heterocycles. The first-order valence-electron chi connectivity index (χ1n) is 6.87. The third-order valence-electron chi connectivity index (χ3n) is 2.56. The molecule has 0 unspecified atom stereocenters. The van der Waals surface area contributed by atoms with Crippen molar-refractivity contribution in [1.82, 2.24) is 0 Å². The molecule has 0 atom stereocenters. The van der Waals surface area contributed by atoms with Crippen molar-refractivity contribution in [3.8, 4) is 11.5 Å². The van der Waals surface area contributed by atoms with Crippen molar-refractivity contribution in [2.75, 3.05) is 5.32 Å². The van der Waals surface area contributed by atoms with E-state index < -0.39 is 11.9 Å². The minimum atomic E-state index is -1.11. The van der Waals surface area contributed by atoms with Gasteiger partial charge < -0.3 is 20.3 Å². The van der Waals surface area contributed by atoms with E-state index in [1.807, 2.05) is 0 Å². The number of phenols is 1. The summed E-state index contributed by atoms with van der Waals surface area (Å²) in [4.78, 5) is 31.7. The zero-order chi connectivity index (χ0) is 18.1. The maximum absolute atomic E-state index is 10.6. The number of benzene rings is 2. The van der Waals surface area contributed by atoms with Gasteiger partial charge >= 0.3 is 11.9 Å². The molecule has 0 spiro atoms. The third-order valence-corrected chi connectivity index (χ3v) is 2.56. The van der Waals surface area contributed by atoms with Crippen LogP contribution in [-0.2, 0) is 9.59 Å². The van der Waals surface area contributed by atoms with E-state index in [-0.39, 0.29) is 52.5 Å². The number of aromatic carboxylic acids is 1. The van der Waals surface area contributed by atoms with Gasteiger partial charge in [0.25, 0.3) is 0 Å². The number of ether oxygens (including phenoxy) is 1. The number of amides is 1. The summed E-state index contributed by atoms with van der Waals surface area (Å²) in [5.41, 5.74) is 0.674. The van der Waals surface area contributed by atoms with E-state index in [9.17, 15) is 14.4 Å². The van der Waals surface area contributed by atoms with Gasteiger partial charge in [0.1, 0.15) is 17.1 Å². The molecule has 2 rings (SSSR count). The molecule has 1 radical (unpaired) electrons. The molecule has 127 valence electrons. The molecule has 0 heterocycles. The number of carbonyl (C=O) groups excluding carboxylic acids is 2. The van der Waals surface area contributed by atoms with Crippen LogP contribution < -0.4 is 10.1 Å². The van der Waals surface area contributed by atoms with Crippen LogP contribution in [0, 0.1) is 0 Å². The van der Waals surface area contributed by atoms with Gasteiger partial charge in [-0.25, -0.2) is 4.79 Å². The zero-order valence-electron chi connectivity index (χ0n) is 14.1. The number of phenolic OH excluding ortho intramolecular Hbond substituents is 1. The monoisotopic (exact) mass is 354 g/mol. The number of hydrogen-bond acceptors (Lipinski definition) is 5. The van der Waals surface area contributed by atoms with Gasteiger partial charge in [0.15, 0.2) is 0 Å². The number of rotatable bonds is 3. The number of anilines is 1. The standard InChI is InChI=1S/C9H8O4.C8H9NO2.Na/c1-6(10)13-8-5-3-2-4-7(8)9(11)12;1-6(10)9-7-2-4-8(11)5-3-7;/h2-5H,1H3,(H,11,12);2-5,11H,1H3,(H,9,10);. The van der Waals surface area contributed by atoms with Crippen molar-refractivity contribution in [3.63, 3.8) is 0 Å². The molecular formula is C17H17NNaO6. The van der Waals surface area contributed by atoms with Gasteiger partial charge in [-0.3, -0.25) is 9.59 Å². The summed E-state index contributed by atoms with van der Waals surface area (Å²) in [5.74, 6) is -1.50. The molecule has 7 nitrogen and oxygen atoms in total. The molecule has 8 heteroatoms. The largest absolute Gasteiger partial charge is 0.508 e. The maximum Gasteiger partial charge on any atom is 0.339 e. The minimum Gasteiger partial charge on any atom is -0.508 e. The van der Waals surface area contributed by atoms with Gasteiger partial charge in [-0.2, -0.15) is 0 Å². The average molecular weight is 354 g/mol. The minimum absolute atomic E-state index is 0. The molecule has 0 fully saturated rings. The second-order valence-electron chi connectivity index (χ2n) is 4.62. The van der Waals surface area contributed by atoms with Crippen molar-refractivity contribution in [3.05, 3.63) is 54.1 Å². The Labute approximate surface area is 166 Å².